The van der Waals surface area contributed by atoms with E-state index in [0.29, 0.717) is 0 Å². The molecule has 0 saturated carbocycles. The molecule has 0 aromatic rings. The number of hydrazine groups is 15. The molecule has 1 fully saturated rings. The topological polar surface area (TPSA) is 192 Å². The minimum absolute atomic E-state index is 0.912. The summed E-state index contributed by atoms with van der Waals surface area (Å²) in [6.07, 6.45) is 41.9. The van der Waals surface area contributed by atoms with E-state index in [2.05, 4.69) is 88.3 Å². The predicted molar refractivity (Wildman–Crippen MR) is 198 cm³/mol. The van der Waals surface area contributed by atoms with Crippen molar-refractivity contribution in [3.05, 3.63) is 0 Å². The van der Waals surface area contributed by atoms with Crippen LogP contribution in [0.5, 0.6) is 0 Å². The summed E-state index contributed by atoms with van der Waals surface area (Å²) in [5.41, 5.74) is 44.3. The van der Waals surface area contributed by atoms with Crippen LogP contribution in [0.3, 0.4) is 0 Å². The fourth-order valence-corrected chi connectivity index (χ4v) is 5.96. The third kappa shape index (κ3) is 39.8. The molecule has 16 nitrogen and oxygen atoms in total. The first-order valence-electron chi connectivity index (χ1n) is 20.0. The lowest BCUT2D eigenvalue weighted by Gasteiger charge is -2.15. The first-order valence-corrected chi connectivity index (χ1v) is 20.0. The van der Waals surface area contributed by atoms with Gasteiger partial charge in [-0.1, -0.05) is 180 Å². The summed E-state index contributed by atoms with van der Waals surface area (Å²) in [5.74, 6) is 0. The van der Waals surface area contributed by atoms with Crippen LogP contribution in [0.25, 0.3) is 0 Å². The Morgan fingerprint density at radius 2 is 0.250 bits per heavy atom. The molecule has 1 rings (SSSR count). The summed E-state index contributed by atoms with van der Waals surface area (Å²) < 4.78 is 0. The fourth-order valence-electron chi connectivity index (χ4n) is 5.96. The van der Waals surface area contributed by atoms with E-state index in [1.165, 1.54) is 180 Å². The molecule has 0 unspecified atom stereocenters. The van der Waals surface area contributed by atoms with Crippen LogP contribution in [0.15, 0.2) is 0 Å². The molecule has 1 heterocycles. The van der Waals surface area contributed by atoms with E-state index >= 15 is 0 Å². The Morgan fingerprint density at radius 3 is 0.417 bits per heavy atom. The molecular formula is C32H80N16. The molecule has 1 saturated heterocycles. The van der Waals surface area contributed by atoms with Crippen molar-refractivity contribution in [3.63, 3.8) is 0 Å². The average molecular weight is 689 g/mol. The molecule has 0 amide bonds. The first kappa shape index (κ1) is 45.4. The van der Waals surface area contributed by atoms with Gasteiger partial charge in [0.2, 0.25) is 0 Å². The van der Waals surface area contributed by atoms with Crippen LogP contribution >= 0.6 is 0 Å². The van der Waals surface area contributed by atoms with Crippen LogP contribution in [0.4, 0.5) is 0 Å². The smallest absolute Gasteiger partial charge is 0.0113 e. The highest BCUT2D eigenvalue weighted by Gasteiger charge is 1.98. The van der Waals surface area contributed by atoms with Crippen LogP contribution in [0.1, 0.15) is 193 Å². The van der Waals surface area contributed by atoms with Crippen LogP contribution in [0, 0.1) is 0 Å². The summed E-state index contributed by atoms with van der Waals surface area (Å²) >= 11 is 0. The Labute approximate surface area is 293 Å². The van der Waals surface area contributed by atoms with Crippen molar-refractivity contribution in [3.8, 4) is 0 Å². The summed E-state index contributed by atoms with van der Waals surface area (Å²) in [5, 5.41) is 0. The molecule has 0 aromatic carbocycles. The van der Waals surface area contributed by atoms with E-state index in [9.17, 15) is 0 Å². The number of hydrogen-bond acceptors (Lipinski definition) is 16. The van der Waals surface area contributed by atoms with Gasteiger partial charge in [0.15, 0.2) is 0 Å². The predicted octanol–water partition coefficient (Wildman–Crippen LogP) is 3.86. The lowest BCUT2D eigenvalue weighted by atomic mass is 10.0. The molecular weight excluding hydrogens is 608 g/mol. The molecule has 0 bridgehead atoms. The number of nitrogens with one attached hydrogen (secondary N) is 16. The van der Waals surface area contributed by atoms with Gasteiger partial charge in [0.25, 0.3) is 0 Å². The molecule has 0 aliphatic carbocycles. The van der Waals surface area contributed by atoms with E-state index in [-0.39, 0.29) is 0 Å². The maximum atomic E-state index is 3.13. The Hall–Kier alpha value is -0.640. The van der Waals surface area contributed by atoms with Gasteiger partial charge in [0, 0.05) is 13.1 Å². The molecule has 16 heteroatoms. The van der Waals surface area contributed by atoms with Gasteiger partial charge in [0.05, 0.1) is 0 Å². The molecule has 0 aromatic heterocycles. The second-order valence-electron chi connectivity index (χ2n) is 13.2. The van der Waals surface area contributed by atoms with Crippen molar-refractivity contribution < 1.29 is 0 Å². The van der Waals surface area contributed by atoms with Gasteiger partial charge in [-0.3, -0.25) is 0 Å². The molecule has 0 radical (unpaired) electrons. The summed E-state index contributed by atoms with van der Waals surface area (Å²) in [7, 11) is 0. The van der Waals surface area contributed by atoms with Crippen LogP contribution in [0.2, 0.25) is 0 Å². The van der Waals surface area contributed by atoms with Crippen LogP contribution in [-0.2, 0) is 0 Å². The van der Waals surface area contributed by atoms with Crippen molar-refractivity contribution in [2.75, 3.05) is 13.1 Å². The lowest BCUT2D eigenvalue weighted by molar-refractivity contribution is 0.201. The average Bonchev–Trinajstić information content (AvgIpc) is 3.10. The molecule has 0 spiro atoms. The van der Waals surface area contributed by atoms with Crippen molar-refractivity contribution >= 4 is 0 Å². The van der Waals surface area contributed by atoms with E-state index in [4.69, 9.17) is 0 Å². The van der Waals surface area contributed by atoms with Gasteiger partial charge < -0.3 is 0 Å². The van der Waals surface area contributed by atoms with Gasteiger partial charge >= 0.3 is 0 Å². The van der Waals surface area contributed by atoms with Gasteiger partial charge in [-0.25, -0.2) is 10.9 Å². The van der Waals surface area contributed by atoms with Gasteiger partial charge in [-0.05, 0) is 12.8 Å². The Balaban J connectivity index is 2.00. The summed E-state index contributed by atoms with van der Waals surface area (Å²) in [6, 6.07) is 0. The number of rotatable bonds is 0. The molecule has 0 atom stereocenters. The first-order chi connectivity index (χ1) is 24.0. The molecule has 48 heavy (non-hydrogen) atoms. The van der Waals surface area contributed by atoms with Crippen molar-refractivity contribution in [2.24, 2.45) is 0 Å². The monoisotopic (exact) mass is 689 g/mol. The second kappa shape index (κ2) is 42.5. The maximum Gasteiger partial charge on any atom is 0.0113 e. The van der Waals surface area contributed by atoms with Gasteiger partial charge in [-0.2, -0.15) is 77.5 Å². The standard InChI is InChI=1S/C32H80N16/c1-2-4-6-8-10-12-14-16-18-20-22-24-26-28-30-32-34-36-38-40-42-44-46-48-47-45-43-41-39-37-35-33-31-29-27-25-23-21-19-17-15-13-11-9-7-5-3-1/h33-48H,1-32H2. The SMILES string of the molecule is C1CCCCCCCCCCCCCCCCNNNNNNNNNNNNNNNNCCCCCCCCCCCCCCC1. The van der Waals surface area contributed by atoms with E-state index in [1.807, 2.05) is 0 Å². The third-order valence-corrected chi connectivity index (χ3v) is 8.84. The highest BCUT2D eigenvalue weighted by molar-refractivity contribution is 4.53. The fraction of sp³-hybridized carbons (Fsp3) is 1.00. The van der Waals surface area contributed by atoms with Crippen molar-refractivity contribution in [2.45, 2.75) is 193 Å². The minimum atomic E-state index is 0.912. The molecule has 16 N–H and O–H groups in total. The maximum absolute atomic E-state index is 3.13. The van der Waals surface area contributed by atoms with Crippen LogP contribution in [-0.4, -0.2) is 13.1 Å². The van der Waals surface area contributed by atoms with E-state index in [0.717, 1.165) is 25.9 Å². The van der Waals surface area contributed by atoms with Gasteiger partial charge in [0.1, 0.15) is 0 Å². The Bertz CT molecular complexity index is 312. The molecule has 288 valence electrons. The summed E-state index contributed by atoms with van der Waals surface area (Å²) in [4.78, 5) is 0. The highest BCUT2D eigenvalue weighted by Crippen LogP contribution is 2.16. The van der Waals surface area contributed by atoms with Crippen molar-refractivity contribution in [1.29, 1.82) is 0 Å². The summed E-state index contributed by atoms with van der Waals surface area (Å²) in [6.45, 7) is 1.82. The lowest BCUT2D eigenvalue weighted by Crippen LogP contribution is -2.68. The zero-order valence-corrected chi connectivity index (χ0v) is 30.6. The van der Waals surface area contributed by atoms with Crippen LogP contribution < -0.4 is 88.3 Å². The van der Waals surface area contributed by atoms with E-state index in [1.54, 1.807) is 0 Å². The largest absolute Gasteiger partial charge is 0.243 e. The normalized spacial score (nSPS) is 24.0. The zero-order chi connectivity index (χ0) is 33.9. The van der Waals surface area contributed by atoms with Gasteiger partial charge in [-0.15, -0.1) is 0 Å². The number of hydrogen-bond donors (Lipinski definition) is 16. The second-order valence-corrected chi connectivity index (χ2v) is 13.2. The zero-order valence-electron chi connectivity index (χ0n) is 30.6. The quantitative estimate of drug-likeness (QED) is 0.175. The highest BCUT2D eigenvalue weighted by atomic mass is 16.0. The van der Waals surface area contributed by atoms with E-state index < -0.39 is 0 Å². The minimum Gasteiger partial charge on any atom is -0.243 e. The van der Waals surface area contributed by atoms with Crippen molar-refractivity contribution in [1.82, 2.24) is 88.3 Å². The third-order valence-electron chi connectivity index (χ3n) is 8.84. The Kier molecular flexibility index (Phi) is 40.2. The molecule has 1 aliphatic heterocycles. The molecule has 1 aliphatic rings. The Morgan fingerprint density at radius 1 is 0.125 bits per heavy atom.